The normalized spacial score (nSPS) is 10.4. The highest BCUT2D eigenvalue weighted by Crippen LogP contribution is 2.14. The Morgan fingerprint density at radius 2 is 1.75 bits per heavy atom. The molecule has 0 saturated heterocycles. The first kappa shape index (κ1) is 10.4. The summed E-state index contributed by atoms with van der Waals surface area (Å²) in [5, 5.41) is 0. The lowest BCUT2D eigenvalue weighted by atomic mass is 10.1. The van der Waals surface area contributed by atoms with Crippen LogP contribution in [0.25, 0.3) is 11.3 Å². The molecule has 0 unspecified atom stereocenters. The number of hydrogen-bond donors (Lipinski definition) is 1. The maximum absolute atomic E-state index is 11.4. The van der Waals surface area contributed by atoms with Crippen molar-refractivity contribution in [2.75, 3.05) is 0 Å². The van der Waals surface area contributed by atoms with Crippen LogP contribution in [0.2, 0.25) is 0 Å². The van der Waals surface area contributed by atoms with Gasteiger partial charge in [-0.05, 0) is 12.5 Å². The second-order valence-corrected chi connectivity index (χ2v) is 3.75. The highest BCUT2D eigenvalue weighted by atomic mass is 16.2. The van der Waals surface area contributed by atoms with E-state index in [2.05, 4.69) is 4.98 Å². The van der Waals surface area contributed by atoms with E-state index in [9.17, 15) is 9.59 Å². The van der Waals surface area contributed by atoms with Gasteiger partial charge in [0.25, 0.3) is 5.56 Å². The van der Waals surface area contributed by atoms with Crippen LogP contribution >= 0.6 is 0 Å². The quantitative estimate of drug-likeness (QED) is 0.774. The van der Waals surface area contributed by atoms with Crippen molar-refractivity contribution in [1.82, 2.24) is 9.55 Å². The fourth-order valence-electron chi connectivity index (χ4n) is 1.44. The number of benzene rings is 1. The standard InChI is InChI=1S/C12H12N2O2/c1-8-3-5-9(6-4-8)10-7-11(15)14(2)12(16)13-10/h3-7H,1-2H3,(H,13,16). The van der Waals surface area contributed by atoms with E-state index < -0.39 is 5.69 Å². The van der Waals surface area contributed by atoms with Crippen molar-refractivity contribution >= 4 is 0 Å². The molecule has 0 aliphatic heterocycles. The number of nitrogens with one attached hydrogen (secondary N) is 1. The molecule has 0 saturated carbocycles. The molecule has 0 fully saturated rings. The topological polar surface area (TPSA) is 54.9 Å². The van der Waals surface area contributed by atoms with Crippen molar-refractivity contribution in [3.05, 3.63) is 56.7 Å². The highest BCUT2D eigenvalue weighted by Gasteiger charge is 2.02. The van der Waals surface area contributed by atoms with E-state index in [1.54, 1.807) is 0 Å². The van der Waals surface area contributed by atoms with Crippen LogP contribution in [0.3, 0.4) is 0 Å². The Hall–Kier alpha value is -2.10. The smallest absolute Gasteiger partial charge is 0.307 e. The molecule has 0 radical (unpaired) electrons. The second-order valence-electron chi connectivity index (χ2n) is 3.75. The van der Waals surface area contributed by atoms with E-state index in [1.807, 2.05) is 31.2 Å². The summed E-state index contributed by atoms with van der Waals surface area (Å²) in [6.45, 7) is 1.98. The second kappa shape index (κ2) is 3.81. The van der Waals surface area contributed by atoms with Crippen LogP contribution in [0.5, 0.6) is 0 Å². The van der Waals surface area contributed by atoms with E-state index in [4.69, 9.17) is 0 Å². The van der Waals surface area contributed by atoms with E-state index in [0.29, 0.717) is 5.69 Å². The van der Waals surface area contributed by atoms with Crippen molar-refractivity contribution in [2.45, 2.75) is 6.92 Å². The van der Waals surface area contributed by atoms with Gasteiger partial charge in [0.2, 0.25) is 0 Å². The van der Waals surface area contributed by atoms with E-state index >= 15 is 0 Å². The highest BCUT2D eigenvalue weighted by molar-refractivity contribution is 5.58. The lowest BCUT2D eigenvalue weighted by Gasteiger charge is -2.02. The van der Waals surface area contributed by atoms with Crippen LogP contribution in [0, 0.1) is 6.92 Å². The first-order valence-corrected chi connectivity index (χ1v) is 4.95. The van der Waals surface area contributed by atoms with E-state index in [-0.39, 0.29) is 5.56 Å². The molecule has 2 rings (SSSR count). The minimum Gasteiger partial charge on any atom is -0.307 e. The van der Waals surface area contributed by atoms with Crippen LogP contribution < -0.4 is 11.2 Å². The molecule has 4 heteroatoms. The summed E-state index contributed by atoms with van der Waals surface area (Å²) in [4.78, 5) is 25.5. The molecule has 0 aliphatic carbocycles. The lowest BCUT2D eigenvalue weighted by molar-refractivity contribution is 0.778. The maximum atomic E-state index is 11.4. The number of nitrogens with zero attached hydrogens (tertiary/aromatic N) is 1. The van der Waals surface area contributed by atoms with Gasteiger partial charge in [-0.2, -0.15) is 0 Å². The molecule has 0 spiro atoms. The predicted molar refractivity (Wildman–Crippen MR) is 62.5 cm³/mol. The summed E-state index contributed by atoms with van der Waals surface area (Å²) in [7, 11) is 1.44. The van der Waals surface area contributed by atoms with Gasteiger partial charge in [-0.25, -0.2) is 4.79 Å². The lowest BCUT2D eigenvalue weighted by Crippen LogP contribution is -2.32. The number of aromatic amines is 1. The first-order chi connectivity index (χ1) is 7.58. The Kier molecular flexibility index (Phi) is 2.48. The molecule has 0 bridgehead atoms. The van der Waals surface area contributed by atoms with Crippen LogP contribution in [0.15, 0.2) is 39.9 Å². The summed E-state index contributed by atoms with van der Waals surface area (Å²) in [6, 6.07) is 9.04. The van der Waals surface area contributed by atoms with Crippen molar-refractivity contribution in [1.29, 1.82) is 0 Å². The van der Waals surface area contributed by atoms with Crippen LogP contribution in [-0.2, 0) is 7.05 Å². The summed E-state index contributed by atoms with van der Waals surface area (Å²) < 4.78 is 1.04. The molecule has 0 amide bonds. The Bertz CT molecular complexity index is 589. The molecule has 1 heterocycles. The zero-order chi connectivity index (χ0) is 11.7. The Morgan fingerprint density at radius 1 is 1.12 bits per heavy atom. The summed E-state index contributed by atoms with van der Waals surface area (Å²) in [6.07, 6.45) is 0. The molecule has 1 aromatic heterocycles. The zero-order valence-corrected chi connectivity index (χ0v) is 9.15. The Balaban J connectivity index is 2.62. The predicted octanol–water partition coefficient (Wildman–Crippen LogP) is 1.05. The van der Waals surface area contributed by atoms with Gasteiger partial charge in [0.05, 0.1) is 5.69 Å². The number of H-pyrrole nitrogens is 1. The van der Waals surface area contributed by atoms with Gasteiger partial charge < -0.3 is 4.98 Å². The van der Waals surface area contributed by atoms with Gasteiger partial charge in [-0.3, -0.25) is 9.36 Å². The molecule has 16 heavy (non-hydrogen) atoms. The molecule has 0 atom stereocenters. The Labute approximate surface area is 92.2 Å². The fraction of sp³-hybridized carbons (Fsp3) is 0.167. The minimum absolute atomic E-state index is 0.306. The fourth-order valence-corrected chi connectivity index (χ4v) is 1.44. The van der Waals surface area contributed by atoms with Crippen LogP contribution in [0.1, 0.15) is 5.56 Å². The largest absolute Gasteiger partial charge is 0.328 e. The summed E-state index contributed by atoms with van der Waals surface area (Å²) >= 11 is 0. The molecule has 4 nitrogen and oxygen atoms in total. The molecule has 82 valence electrons. The molecule has 2 aromatic rings. The third-order valence-corrected chi connectivity index (χ3v) is 2.51. The molecule has 1 aromatic carbocycles. The number of hydrogen-bond acceptors (Lipinski definition) is 2. The van der Waals surface area contributed by atoms with Crippen molar-refractivity contribution in [3.63, 3.8) is 0 Å². The van der Waals surface area contributed by atoms with Crippen molar-refractivity contribution < 1.29 is 0 Å². The Morgan fingerprint density at radius 3 is 2.31 bits per heavy atom. The monoisotopic (exact) mass is 216 g/mol. The minimum atomic E-state index is -0.400. The molecular formula is C12H12N2O2. The summed E-state index contributed by atoms with van der Waals surface area (Å²) in [5.74, 6) is 0. The van der Waals surface area contributed by atoms with E-state index in [1.165, 1.54) is 13.1 Å². The van der Waals surface area contributed by atoms with Crippen molar-refractivity contribution in [3.8, 4) is 11.3 Å². The van der Waals surface area contributed by atoms with Crippen LogP contribution in [-0.4, -0.2) is 9.55 Å². The van der Waals surface area contributed by atoms with Gasteiger partial charge in [0, 0.05) is 13.1 Å². The van der Waals surface area contributed by atoms with Gasteiger partial charge in [-0.1, -0.05) is 29.8 Å². The van der Waals surface area contributed by atoms with E-state index in [0.717, 1.165) is 15.7 Å². The number of aromatic nitrogens is 2. The third-order valence-electron chi connectivity index (χ3n) is 2.51. The summed E-state index contributed by atoms with van der Waals surface area (Å²) in [5.41, 5.74) is 1.81. The maximum Gasteiger partial charge on any atom is 0.328 e. The molecule has 1 N–H and O–H groups in total. The van der Waals surface area contributed by atoms with Crippen molar-refractivity contribution in [2.24, 2.45) is 7.05 Å². The first-order valence-electron chi connectivity index (χ1n) is 4.95. The molecule has 0 aliphatic rings. The van der Waals surface area contributed by atoms with Gasteiger partial charge in [-0.15, -0.1) is 0 Å². The average molecular weight is 216 g/mol. The number of aryl methyl sites for hydroxylation is 1. The SMILES string of the molecule is Cc1ccc(-c2cc(=O)n(C)c(=O)[nH]2)cc1. The third kappa shape index (κ3) is 1.82. The zero-order valence-electron chi connectivity index (χ0n) is 9.15. The number of rotatable bonds is 1. The van der Waals surface area contributed by atoms with Gasteiger partial charge in [0.15, 0.2) is 0 Å². The van der Waals surface area contributed by atoms with Crippen LogP contribution in [0.4, 0.5) is 0 Å². The van der Waals surface area contributed by atoms with Gasteiger partial charge in [0.1, 0.15) is 0 Å². The average Bonchev–Trinajstić information content (AvgIpc) is 2.26. The van der Waals surface area contributed by atoms with Gasteiger partial charge >= 0.3 is 5.69 Å². The molecular weight excluding hydrogens is 204 g/mol.